The first-order chi connectivity index (χ1) is 8.16. The van der Waals surface area contributed by atoms with Crippen LogP contribution in [0.4, 0.5) is 0 Å². The normalized spacial score (nSPS) is 16.5. The smallest absolute Gasteiger partial charge is 0.222 e. The molecule has 17 heavy (non-hydrogen) atoms. The van der Waals surface area contributed by atoms with E-state index in [1.807, 2.05) is 30.2 Å². The number of amides is 1. The highest BCUT2D eigenvalue weighted by Gasteiger charge is 2.20. The Morgan fingerprint density at radius 3 is 3.24 bits per heavy atom. The van der Waals surface area contributed by atoms with Crippen LogP contribution in [0.2, 0.25) is 0 Å². The maximum Gasteiger partial charge on any atom is 0.222 e. The first-order valence-electron chi connectivity index (χ1n) is 6.13. The van der Waals surface area contributed by atoms with Crippen molar-refractivity contribution in [2.45, 2.75) is 38.8 Å². The second-order valence-electron chi connectivity index (χ2n) is 4.69. The Labute approximate surface area is 102 Å². The van der Waals surface area contributed by atoms with Gasteiger partial charge >= 0.3 is 0 Å². The SMILES string of the molecule is CC(N)CCC(=O)N1CCc2ncccc2C1. The summed E-state index contributed by atoms with van der Waals surface area (Å²) >= 11 is 0. The van der Waals surface area contributed by atoms with Crippen LogP contribution in [0.1, 0.15) is 31.0 Å². The zero-order valence-corrected chi connectivity index (χ0v) is 10.2. The molecule has 0 saturated carbocycles. The molecule has 0 radical (unpaired) electrons. The minimum absolute atomic E-state index is 0.0951. The molecular formula is C13H19N3O. The summed E-state index contributed by atoms with van der Waals surface area (Å²) in [5.74, 6) is 0.205. The van der Waals surface area contributed by atoms with Crippen molar-refractivity contribution in [1.82, 2.24) is 9.88 Å². The topological polar surface area (TPSA) is 59.2 Å². The summed E-state index contributed by atoms with van der Waals surface area (Å²) in [5.41, 5.74) is 7.97. The molecule has 1 aliphatic heterocycles. The molecule has 1 aromatic rings. The lowest BCUT2D eigenvalue weighted by atomic mass is 10.0. The lowest BCUT2D eigenvalue weighted by molar-refractivity contribution is -0.132. The zero-order chi connectivity index (χ0) is 12.3. The Hall–Kier alpha value is -1.42. The molecule has 2 heterocycles. The van der Waals surface area contributed by atoms with E-state index in [0.29, 0.717) is 13.0 Å². The van der Waals surface area contributed by atoms with Crippen LogP contribution in [0, 0.1) is 0 Å². The van der Waals surface area contributed by atoms with Crippen molar-refractivity contribution in [3.8, 4) is 0 Å². The van der Waals surface area contributed by atoms with Crippen LogP contribution in [0.5, 0.6) is 0 Å². The van der Waals surface area contributed by atoms with Gasteiger partial charge in [-0.15, -0.1) is 0 Å². The van der Waals surface area contributed by atoms with Crippen LogP contribution in [-0.2, 0) is 17.8 Å². The molecule has 0 fully saturated rings. The number of nitrogens with zero attached hydrogens (tertiary/aromatic N) is 2. The van der Waals surface area contributed by atoms with Crippen molar-refractivity contribution in [2.24, 2.45) is 5.73 Å². The van der Waals surface area contributed by atoms with E-state index in [9.17, 15) is 4.79 Å². The van der Waals surface area contributed by atoms with Gasteiger partial charge in [0.15, 0.2) is 0 Å². The van der Waals surface area contributed by atoms with Crippen molar-refractivity contribution in [3.05, 3.63) is 29.6 Å². The van der Waals surface area contributed by atoms with Gasteiger partial charge in [0, 0.05) is 43.9 Å². The van der Waals surface area contributed by atoms with Gasteiger partial charge in [0.25, 0.3) is 0 Å². The molecule has 1 aromatic heterocycles. The Bertz CT molecular complexity index is 403. The number of fused-ring (bicyclic) bond motifs is 1. The van der Waals surface area contributed by atoms with E-state index in [1.165, 1.54) is 5.56 Å². The summed E-state index contributed by atoms with van der Waals surface area (Å²) in [6.07, 6.45) is 3.98. The predicted molar refractivity (Wildman–Crippen MR) is 66.2 cm³/mol. The van der Waals surface area contributed by atoms with Gasteiger partial charge in [0.1, 0.15) is 0 Å². The predicted octanol–water partition coefficient (Wildman–Crippen LogP) is 1.09. The van der Waals surface area contributed by atoms with Gasteiger partial charge < -0.3 is 10.6 Å². The number of carbonyl (C=O) groups excluding carboxylic acids is 1. The molecule has 2 rings (SSSR count). The number of aromatic nitrogens is 1. The quantitative estimate of drug-likeness (QED) is 0.850. The summed E-state index contributed by atoms with van der Waals surface area (Å²) in [6, 6.07) is 4.07. The van der Waals surface area contributed by atoms with Gasteiger partial charge in [-0.2, -0.15) is 0 Å². The lowest BCUT2D eigenvalue weighted by Crippen LogP contribution is -2.36. The Morgan fingerprint density at radius 1 is 1.65 bits per heavy atom. The fourth-order valence-electron chi connectivity index (χ4n) is 2.09. The Kier molecular flexibility index (Phi) is 3.74. The molecule has 4 heteroatoms. The van der Waals surface area contributed by atoms with E-state index in [0.717, 1.165) is 25.1 Å². The number of nitrogens with two attached hydrogens (primary N) is 1. The van der Waals surface area contributed by atoms with Crippen molar-refractivity contribution in [1.29, 1.82) is 0 Å². The largest absolute Gasteiger partial charge is 0.338 e. The van der Waals surface area contributed by atoms with Crippen molar-refractivity contribution < 1.29 is 4.79 Å². The number of rotatable bonds is 3. The minimum Gasteiger partial charge on any atom is -0.338 e. The number of hydrogen-bond donors (Lipinski definition) is 1. The summed E-state index contributed by atoms with van der Waals surface area (Å²) in [5, 5.41) is 0. The number of carbonyl (C=O) groups is 1. The van der Waals surface area contributed by atoms with Crippen LogP contribution >= 0.6 is 0 Å². The zero-order valence-electron chi connectivity index (χ0n) is 10.2. The fourth-order valence-corrected chi connectivity index (χ4v) is 2.09. The lowest BCUT2D eigenvalue weighted by Gasteiger charge is -2.28. The molecule has 1 aliphatic rings. The average molecular weight is 233 g/mol. The van der Waals surface area contributed by atoms with Crippen molar-refractivity contribution >= 4 is 5.91 Å². The highest BCUT2D eigenvalue weighted by Crippen LogP contribution is 2.17. The molecule has 0 aliphatic carbocycles. The summed E-state index contributed by atoms with van der Waals surface area (Å²) < 4.78 is 0. The minimum atomic E-state index is 0.0951. The molecule has 1 amide bonds. The highest BCUT2D eigenvalue weighted by molar-refractivity contribution is 5.76. The van der Waals surface area contributed by atoms with E-state index in [2.05, 4.69) is 4.98 Å². The van der Waals surface area contributed by atoms with Gasteiger partial charge in [-0.05, 0) is 25.0 Å². The van der Waals surface area contributed by atoms with Gasteiger partial charge in [0.2, 0.25) is 5.91 Å². The summed E-state index contributed by atoms with van der Waals surface area (Å²) in [7, 11) is 0. The van der Waals surface area contributed by atoms with Gasteiger partial charge in [-0.1, -0.05) is 6.07 Å². The second-order valence-corrected chi connectivity index (χ2v) is 4.69. The molecule has 0 saturated heterocycles. The molecule has 0 bridgehead atoms. The molecule has 92 valence electrons. The van der Waals surface area contributed by atoms with Crippen molar-refractivity contribution in [2.75, 3.05) is 6.54 Å². The van der Waals surface area contributed by atoms with Gasteiger partial charge in [-0.3, -0.25) is 9.78 Å². The molecule has 4 nitrogen and oxygen atoms in total. The third-order valence-electron chi connectivity index (χ3n) is 3.13. The molecule has 0 spiro atoms. The van der Waals surface area contributed by atoms with Crippen LogP contribution in [0.15, 0.2) is 18.3 Å². The van der Waals surface area contributed by atoms with Crippen LogP contribution in [0.25, 0.3) is 0 Å². The van der Waals surface area contributed by atoms with E-state index >= 15 is 0 Å². The van der Waals surface area contributed by atoms with Gasteiger partial charge in [-0.25, -0.2) is 0 Å². The molecule has 2 N–H and O–H groups in total. The Morgan fingerprint density at radius 2 is 2.47 bits per heavy atom. The third-order valence-corrected chi connectivity index (χ3v) is 3.13. The standard InChI is InChI=1S/C13H19N3O/c1-10(14)4-5-13(17)16-8-6-12-11(9-16)3-2-7-15-12/h2-3,7,10H,4-6,8-9,14H2,1H3. The highest BCUT2D eigenvalue weighted by atomic mass is 16.2. The van der Waals surface area contributed by atoms with E-state index in [1.54, 1.807) is 0 Å². The Balaban J connectivity index is 1.95. The third kappa shape index (κ3) is 3.03. The first kappa shape index (κ1) is 12.0. The van der Waals surface area contributed by atoms with E-state index in [4.69, 9.17) is 5.73 Å². The average Bonchev–Trinajstić information content (AvgIpc) is 2.35. The first-order valence-corrected chi connectivity index (χ1v) is 6.13. The van der Waals surface area contributed by atoms with Crippen LogP contribution in [0.3, 0.4) is 0 Å². The molecule has 1 atom stereocenters. The molecular weight excluding hydrogens is 214 g/mol. The number of hydrogen-bond acceptors (Lipinski definition) is 3. The fraction of sp³-hybridized carbons (Fsp3) is 0.538. The molecule has 1 unspecified atom stereocenters. The summed E-state index contributed by atoms with van der Waals surface area (Å²) in [6.45, 7) is 3.41. The maximum absolute atomic E-state index is 12.0. The molecule has 0 aromatic carbocycles. The van der Waals surface area contributed by atoms with Crippen LogP contribution in [-0.4, -0.2) is 28.4 Å². The second kappa shape index (κ2) is 5.27. The number of pyridine rings is 1. The van der Waals surface area contributed by atoms with E-state index in [-0.39, 0.29) is 11.9 Å². The van der Waals surface area contributed by atoms with Crippen molar-refractivity contribution in [3.63, 3.8) is 0 Å². The van der Waals surface area contributed by atoms with Crippen LogP contribution < -0.4 is 5.73 Å². The van der Waals surface area contributed by atoms with E-state index < -0.39 is 0 Å². The van der Waals surface area contributed by atoms with Gasteiger partial charge in [0.05, 0.1) is 0 Å². The monoisotopic (exact) mass is 233 g/mol. The maximum atomic E-state index is 12.0. The summed E-state index contributed by atoms with van der Waals surface area (Å²) in [4.78, 5) is 18.2.